The molecule has 0 atom stereocenters. The first-order valence-electron chi connectivity index (χ1n) is 3.73. The Morgan fingerprint density at radius 3 is 2.54 bits per heavy atom. The van der Waals surface area contributed by atoms with Crippen molar-refractivity contribution < 1.29 is 13.5 Å². The molecule has 0 aliphatic rings. The predicted octanol–water partition coefficient (Wildman–Crippen LogP) is -0.243. The standard InChI is InChI=1S/C8H10NO3S/c10-7-6-9-13(11,12)8-4-2-1-3-5-8/h2-5,9-10H,6-7H2. The molecule has 5 heteroatoms. The van der Waals surface area contributed by atoms with Gasteiger partial charge < -0.3 is 5.11 Å². The van der Waals surface area contributed by atoms with Crippen molar-refractivity contribution in [1.82, 2.24) is 4.72 Å². The lowest BCUT2D eigenvalue weighted by atomic mass is 10.4. The molecule has 1 aromatic carbocycles. The lowest BCUT2D eigenvalue weighted by Crippen LogP contribution is -2.26. The molecule has 0 heterocycles. The van der Waals surface area contributed by atoms with Crippen LogP contribution in [0.3, 0.4) is 0 Å². The lowest BCUT2D eigenvalue weighted by molar-refractivity contribution is 0.301. The van der Waals surface area contributed by atoms with Gasteiger partial charge in [0.05, 0.1) is 11.5 Å². The normalized spacial score (nSPS) is 11.5. The van der Waals surface area contributed by atoms with Crippen molar-refractivity contribution in [1.29, 1.82) is 0 Å². The fraction of sp³-hybridized carbons (Fsp3) is 0.250. The predicted molar refractivity (Wildman–Crippen MR) is 47.6 cm³/mol. The molecule has 0 saturated heterocycles. The van der Waals surface area contributed by atoms with Gasteiger partial charge in [-0.25, -0.2) is 13.1 Å². The molecule has 0 amide bonds. The number of hydrogen-bond donors (Lipinski definition) is 2. The Labute approximate surface area is 77.3 Å². The highest BCUT2D eigenvalue weighted by atomic mass is 32.2. The van der Waals surface area contributed by atoms with Gasteiger partial charge in [-0.05, 0) is 18.2 Å². The minimum absolute atomic E-state index is 0.0287. The van der Waals surface area contributed by atoms with Gasteiger partial charge in [-0.1, -0.05) is 12.1 Å². The van der Waals surface area contributed by atoms with Gasteiger partial charge in [0, 0.05) is 6.54 Å². The van der Waals surface area contributed by atoms with Gasteiger partial charge in [-0.15, -0.1) is 0 Å². The Hall–Kier alpha value is -0.910. The van der Waals surface area contributed by atoms with Crippen LogP contribution in [0.2, 0.25) is 0 Å². The smallest absolute Gasteiger partial charge is 0.240 e. The van der Waals surface area contributed by atoms with E-state index in [1.165, 1.54) is 24.3 Å². The van der Waals surface area contributed by atoms with E-state index < -0.39 is 10.0 Å². The summed E-state index contributed by atoms with van der Waals surface area (Å²) in [5.74, 6) is 0. The fourth-order valence-corrected chi connectivity index (χ4v) is 1.84. The largest absolute Gasteiger partial charge is 0.395 e. The van der Waals surface area contributed by atoms with E-state index in [1.807, 2.05) is 0 Å². The Morgan fingerprint density at radius 2 is 2.00 bits per heavy atom. The zero-order valence-electron chi connectivity index (χ0n) is 6.90. The number of sulfonamides is 1. The number of rotatable bonds is 4. The van der Waals surface area contributed by atoms with Crippen LogP contribution in [0.1, 0.15) is 0 Å². The minimum atomic E-state index is -3.45. The first-order valence-corrected chi connectivity index (χ1v) is 5.22. The van der Waals surface area contributed by atoms with Crippen molar-refractivity contribution in [2.45, 2.75) is 4.90 Å². The molecular formula is C8H10NO3S. The Kier molecular flexibility index (Phi) is 3.41. The molecule has 0 aliphatic carbocycles. The molecule has 71 valence electrons. The van der Waals surface area contributed by atoms with Gasteiger partial charge in [0.15, 0.2) is 0 Å². The van der Waals surface area contributed by atoms with Gasteiger partial charge in [-0.2, -0.15) is 0 Å². The average Bonchev–Trinajstić information content (AvgIpc) is 2.16. The van der Waals surface area contributed by atoms with Crippen LogP contribution in [0.4, 0.5) is 0 Å². The van der Waals surface area contributed by atoms with Crippen LogP contribution in [0.15, 0.2) is 29.2 Å². The second-order valence-corrected chi connectivity index (χ2v) is 4.12. The van der Waals surface area contributed by atoms with E-state index in [1.54, 1.807) is 0 Å². The van der Waals surface area contributed by atoms with Gasteiger partial charge in [0.2, 0.25) is 10.0 Å². The first-order chi connectivity index (χ1) is 6.17. The maximum atomic E-state index is 11.4. The molecule has 0 fully saturated rings. The van der Waals surface area contributed by atoms with Crippen LogP contribution in [-0.2, 0) is 10.0 Å². The molecule has 2 N–H and O–H groups in total. The quantitative estimate of drug-likeness (QED) is 0.704. The van der Waals surface area contributed by atoms with E-state index in [2.05, 4.69) is 10.8 Å². The van der Waals surface area contributed by atoms with Crippen LogP contribution in [0, 0.1) is 6.07 Å². The third kappa shape index (κ3) is 2.80. The molecule has 0 aromatic heterocycles. The molecule has 1 rings (SSSR count). The van der Waals surface area contributed by atoms with Crippen LogP contribution < -0.4 is 4.72 Å². The van der Waals surface area contributed by atoms with E-state index in [0.717, 1.165) is 0 Å². The lowest BCUT2D eigenvalue weighted by Gasteiger charge is -2.03. The number of aliphatic hydroxyl groups excluding tert-OH is 1. The molecule has 0 aliphatic heterocycles. The topological polar surface area (TPSA) is 66.4 Å². The highest BCUT2D eigenvalue weighted by Gasteiger charge is 2.11. The Balaban J connectivity index is 2.83. The molecule has 0 saturated carbocycles. The van der Waals surface area contributed by atoms with E-state index >= 15 is 0 Å². The molecule has 0 spiro atoms. The van der Waals surface area contributed by atoms with Crippen LogP contribution in [0.5, 0.6) is 0 Å². The average molecular weight is 200 g/mol. The molecule has 0 unspecified atom stereocenters. The molecular weight excluding hydrogens is 190 g/mol. The summed E-state index contributed by atoms with van der Waals surface area (Å²) < 4.78 is 24.9. The Morgan fingerprint density at radius 1 is 1.38 bits per heavy atom. The molecule has 0 bridgehead atoms. The minimum Gasteiger partial charge on any atom is -0.395 e. The zero-order valence-corrected chi connectivity index (χ0v) is 7.71. The molecule has 13 heavy (non-hydrogen) atoms. The summed E-state index contributed by atoms with van der Waals surface area (Å²) in [4.78, 5) is 0.180. The monoisotopic (exact) mass is 200 g/mol. The van der Waals surface area contributed by atoms with Crippen LogP contribution in [-0.4, -0.2) is 26.7 Å². The van der Waals surface area contributed by atoms with E-state index in [-0.39, 0.29) is 18.0 Å². The summed E-state index contributed by atoms with van der Waals surface area (Å²) in [6, 6.07) is 8.65. The van der Waals surface area contributed by atoms with Crippen molar-refractivity contribution in [3.63, 3.8) is 0 Å². The second-order valence-electron chi connectivity index (χ2n) is 2.36. The van der Waals surface area contributed by atoms with E-state index in [0.29, 0.717) is 0 Å². The van der Waals surface area contributed by atoms with Gasteiger partial charge in [0.1, 0.15) is 0 Å². The fourth-order valence-electron chi connectivity index (χ4n) is 0.814. The highest BCUT2D eigenvalue weighted by molar-refractivity contribution is 7.89. The van der Waals surface area contributed by atoms with Gasteiger partial charge >= 0.3 is 0 Å². The summed E-state index contributed by atoms with van der Waals surface area (Å²) in [6.45, 7) is -0.181. The summed E-state index contributed by atoms with van der Waals surface area (Å²) in [7, 11) is -3.45. The summed E-state index contributed by atoms with van der Waals surface area (Å²) in [5, 5.41) is 8.44. The van der Waals surface area contributed by atoms with Gasteiger partial charge in [-0.3, -0.25) is 0 Å². The maximum Gasteiger partial charge on any atom is 0.240 e. The van der Waals surface area contributed by atoms with E-state index in [9.17, 15) is 8.42 Å². The van der Waals surface area contributed by atoms with Crippen molar-refractivity contribution >= 4 is 10.0 Å². The Bertz CT molecular complexity index is 347. The number of nitrogens with one attached hydrogen (secondary N) is 1. The van der Waals surface area contributed by atoms with Crippen molar-refractivity contribution in [3.05, 3.63) is 30.3 Å². The zero-order chi connectivity index (χ0) is 9.73. The van der Waals surface area contributed by atoms with Gasteiger partial charge in [0.25, 0.3) is 0 Å². The van der Waals surface area contributed by atoms with E-state index in [4.69, 9.17) is 5.11 Å². The second kappa shape index (κ2) is 4.36. The molecule has 4 nitrogen and oxygen atoms in total. The SMILES string of the molecule is O=S(=O)(NCCO)c1cc[c]cc1. The molecule has 1 aromatic rings. The summed E-state index contributed by atoms with van der Waals surface area (Å²) in [5.41, 5.74) is 0. The molecule has 1 radical (unpaired) electrons. The van der Waals surface area contributed by atoms with Crippen molar-refractivity contribution in [2.24, 2.45) is 0 Å². The van der Waals surface area contributed by atoms with Crippen LogP contribution >= 0.6 is 0 Å². The third-order valence-corrected chi connectivity index (χ3v) is 2.88. The first kappa shape index (κ1) is 10.2. The van der Waals surface area contributed by atoms with Crippen molar-refractivity contribution in [3.8, 4) is 0 Å². The number of benzene rings is 1. The third-order valence-electron chi connectivity index (χ3n) is 1.40. The maximum absolute atomic E-state index is 11.4. The number of aliphatic hydroxyl groups is 1. The summed E-state index contributed by atoms with van der Waals surface area (Å²) >= 11 is 0. The highest BCUT2D eigenvalue weighted by Crippen LogP contribution is 2.05. The van der Waals surface area contributed by atoms with Crippen molar-refractivity contribution in [2.75, 3.05) is 13.2 Å². The summed E-state index contributed by atoms with van der Waals surface area (Å²) in [6.07, 6.45) is 0. The number of hydrogen-bond acceptors (Lipinski definition) is 3. The van der Waals surface area contributed by atoms with Crippen LogP contribution in [0.25, 0.3) is 0 Å².